The van der Waals surface area contributed by atoms with E-state index in [1.54, 1.807) is 7.05 Å². The number of aromatic hydroxyl groups is 1. The number of phenols is 1. The molecule has 1 aromatic rings. The highest BCUT2D eigenvalue weighted by Crippen LogP contribution is 2.19. The van der Waals surface area contributed by atoms with E-state index >= 15 is 0 Å². The maximum atomic E-state index is 12.7. The zero-order chi connectivity index (χ0) is 9.84. The van der Waals surface area contributed by atoms with Gasteiger partial charge in [-0.1, -0.05) is 0 Å². The van der Waals surface area contributed by atoms with Gasteiger partial charge in [-0.05, 0) is 24.7 Å². The van der Waals surface area contributed by atoms with Crippen molar-refractivity contribution in [1.82, 2.24) is 5.32 Å². The van der Waals surface area contributed by atoms with Crippen LogP contribution in [0, 0.1) is 5.82 Å². The molecule has 1 atom stereocenters. The van der Waals surface area contributed by atoms with Gasteiger partial charge in [-0.2, -0.15) is 0 Å². The van der Waals surface area contributed by atoms with Crippen LogP contribution in [-0.4, -0.2) is 23.8 Å². The SMILES string of the molecule is CNCC(O)c1cc(O)cc(F)c1. The van der Waals surface area contributed by atoms with Crippen LogP contribution in [-0.2, 0) is 0 Å². The third-order valence-corrected chi connectivity index (χ3v) is 1.69. The lowest BCUT2D eigenvalue weighted by atomic mass is 10.1. The summed E-state index contributed by atoms with van der Waals surface area (Å²) in [4.78, 5) is 0. The Morgan fingerprint density at radius 1 is 1.46 bits per heavy atom. The second kappa shape index (κ2) is 4.20. The van der Waals surface area contributed by atoms with Gasteiger partial charge in [0.25, 0.3) is 0 Å². The van der Waals surface area contributed by atoms with Crippen molar-refractivity contribution in [2.45, 2.75) is 6.10 Å². The average molecular weight is 185 g/mol. The highest BCUT2D eigenvalue weighted by molar-refractivity contribution is 5.29. The van der Waals surface area contributed by atoms with Crippen LogP contribution in [0.15, 0.2) is 18.2 Å². The minimum absolute atomic E-state index is 0.176. The topological polar surface area (TPSA) is 52.5 Å². The van der Waals surface area contributed by atoms with Crippen molar-refractivity contribution in [2.75, 3.05) is 13.6 Å². The van der Waals surface area contributed by atoms with Crippen molar-refractivity contribution < 1.29 is 14.6 Å². The summed E-state index contributed by atoms with van der Waals surface area (Å²) in [6.07, 6.45) is -0.799. The first-order chi connectivity index (χ1) is 6.13. The van der Waals surface area contributed by atoms with Crippen LogP contribution in [0.5, 0.6) is 5.75 Å². The van der Waals surface area contributed by atoms with Crippen molar-refractivity contribution in [2.24, 2.45) is 0 Å². The van der Waals surface area contributed by atoms with Crippen LogP contribution < -0.4 is 5.32 Å². The highest BCUT2D eigenvalue weighted by atomic mass is 19.1. The number of benzene rings is 1. The first-order valence-electron chi connectivity index (χ1n) is 3.95. The number of likely N-dealkylation sites (N-methyl/N-ethyl adjacent to an activating group) is 1. The van der Waals surface area contributed by atoms with Crippen molar-refractivity contribution in [1.29, 1.82) is 0 Å². The number of hydrogen-bond donors (Lipinski definition) is 3. The molecule has 13 heavy (non-hydrogen) atoms. The van der Waals surface area contributed by atoms with E-state index in [0.717, 1.165) is 6.07 Å². The van der Waals surface area contributed by atoms with Gasteiger partial charge >= 0.3 is 0 Å². The molecule has 0 aliphatic heterocycles. The van der Waals surface area contributed by atoms with Crippen molar-refractivity contribution in [3.8, 4) is 5.75 Å². The second-order valence-electron chi connectivity index (χ2n) is 2.82. The lowest BCUT2D eigenvalue weighted by molar-refractivity contribution is 0.177. The third-order valence-electron chi connectivity index (χ3n) is 1.69. The summed E-state index contributed by atoms with van der Waals surface area (Å²) < 4.78 is 12.7. The van der Waals surface area contributed by atoms with Gasteiger partial charge in [-0.25, -0.2) is 4.39 Å². The summed E-state index contributed by atoms with van der Waals surface area (Å²) in [7, 11) is 1.68. The maximum absolute atomic E-state index is 12.7. The Morgan fingerprint density at radius 2 is 2.15 bits per heavy atom. The van der Waals surface area contributed by atoms with Gasteiger partial charge in [0.2, 0.25) is 0 Å². The molecular formula is C9H12FNO2. The Hall–Kier alpha value is -1.13. The molecular weight excluding hydrogens is 173 g/mol. The molecule has 0 radical (unpaired) electrons. The predicted octanol–water partition coefficient (Wildman–Crippen LogP) is 0.784. The first kappa shape index (κ1) is 9.95. The number of aliphatic hydroxyl groups excluding tert-OH is 1. The third kappa shape index (κ3) is 2.68. The van der Waals surface area contributed by atoms with Crippen LogP contribution in [0.4, 0.5) is 4.39 Å². The smallest absolute Gasteiger partial charge is 0.127 e. The van der Waals surface area contributed by atoms with Crippen LogP contribution in [0.1, 0.15) is 11.7 Å². The predicted molar refractivity (Wildman–Crippen MR) is 47.0 cm³/mol. The summed E-state index contributed by atoms with van der Waals surface area (Å²) in [5.41, 5.74) is 0.367. The number of nitrogens with one attached hydrogen (secondary N) is 1. The van der Waals surface area contributed by atoms with E-state index in [-0.39, 0.29) is 5.75 Å². The molecule has 72 valence electrons. The van der Waals surface area contributed by atoms with Gasteiger partial charge in [0.05, 0.1) is 6.10 Å². The van der Waals surface area contributed by atoms with E-state index in [9.17, 15) is 9.50 Å². The van der Waals surface area contributed by atoms with E-state index in [1.807, 2.05) is 0 Å². The molecule has 0 aromatic heterocycles. The molecule has 0 spiro atoms. The van der Waals surface area contributed by atoms with Gasteiger partial charge in [-0.15, -0.1) is 0 Å². The standard InChI is InChI=1S/C9H12FNO2/c1-11-5-9(13)6-2-7(10)4-8(12)3-6/h2-4,9,11-13H,5H2,1H3. The van der Waals surface area contributed by atoms with E-state index in [1.165, 1.54) is 12.1 Å². The summed E-state index contributed by atoms with van der Waals surface area (Å²) in [6, 6.07) is 3.53. The zero-order valence-electron chi connectivity index (χ0n) is 7.29. The molecule has 0 heterocycles. The van der Waals surface area contributed by atoms with Gasteiger partial charge in [0.1, 0.15) is 11.6 Å². The molecule has 0 saturated heterocycles. The summed E-state index contributed by atoms with van der Waals surface area (Å²) in [6.45, 7) is 0.322. The van der Waals surface area contributed by atoms with E-state index in [2.05, 4.69) is 5.32 Å². The Morgan fingerprint density at radius 3 is 2.69 bits per heavy atom. The van der Waals surface area contributed by atoms with Crippen LogP contribution >= 0.6 is 0 Å². The lowest BCUT2D eigenvalue weighted by Gasteiger charge is -2.10. The van der Waals surface area contributed by atoms with Crippen molar-refractivity contribution >= 4 is 0 Å². The minimum Gasteiger partial charge on any atom is -0.508 e. The fraction of sp³-hybridized carbons (Fsp3) is 0.333. The average Bonchev–Trinajstić information content (AvgIpc) is 2.03. The number of phenolic OH excluding ortho intramolecular Hbond substituents is 1. The van der Waals surface area contributed by atoms with Crippen molar-refractivity contribution in [3.63, 3.8) is 0 Å². The normalized spacial score (nSPS) is 12.8. The second-order valence-corrected chi connectivity index (χ2v) is 2.82. The van der Waals surface area contributed by atoms with Crippen molar-refractivity contribution in [3.05, 3.63) is 29.6 Å². The molecule has 0 fully saturated rings. The van der Waals surface area contributed by atoms with Crippen LogP contribution in [0.25, 0.3) is 0 Å². The van der Waals surface area contributed by atoms with Gasteiger partial charge in [-0.3, -0.25) is 0 Å². The van der Waals surface area contributed by atoms with Crippen LogP contribution in [0.2, 0.25) is 0 Å². The van der Waals surface area contributed by atoms with Gasteiger partial charge in [0, 0.05) is 12.6 Å². The maximum Gasteiger partial charge on any atom is 0.127 e. The number of aliphatic hydroxyl groups is 1. The molecule has 3 N–H and O–H groups in total. The Labute approximate surface area is 75.8 Å². The number of hydrogen-bond acceptors (Lipinski definition) is 3. The zero-order valence-corrected chi connectivity index (χ0v) is 7.29. The molecule has 1 unspecified atom stereocenters. The van der Waals surface area contributed by atoms with Crippen LogP contribution in [0.3, 0.4) is 0 Å². The minimum atomic E-state index is -0.799. The van der Waals surface area contributed by atoms with Gasteiger partial charge in [0.15, 0.2) is 0 Å². The molecule has 0 aliphatic rings. The number of rotatable bonds is 3. The fourth-order valence-corrected chi connectivity index (χ4v) is 1.10. The molecule has 1 rings (SSSR count). The Kier molecular flexibility index (Phi) is 3.22. The van der Waals surface area contributed by atoms with E-state index < -0.39 is 11.9 Å². The molecule has 3 nitrogen and oxygen atoms in total. The molecule has 4 heteroatoms. The lowest BCUT2D eigenvalue weighted by Crippen LogP contribution is -2.16. The Balaban J connectivity index is 2.87. The van der Waals surface area contributed by atoms with E-state index in [0.29, 0.717) is 12.1 Å². The molecule has 0 saturated carbocycles. The van der Waals surface area contributed by atoms with Gasteiger partial charge < -0.3 is 15.5 Å². The molecule has 0 aliphatic carbocycles. The Bertz CT molecular complexity index is 271. The monoisotopic (exact) mass is 185 g/mol. The molecule has 0 amide bonds. The molecule has 1 aromatic carbocycles. The number of halogens is 1. The first-order valence-corrected chi connectivity index (χ1v) is 3.95. The fourth-order valence-electron chi connectivity index (χ4n) is 1.10. The largest absolute Gasteiger partial charge is 0.508 e. The summed E-state index contributed by atoms with van der Waals surface area (Å²) in [5.74, 6) is -0.727. The quantitative estimate of drug-likeness (QED) is 0.652. The summed E-state index contributed by atoms with van der Waals surface area (Å²) >= 11 is 0. The summed E-state index contributed by atoms with van der Waals surface area (Å²) in [5, 5.41) is 21.2. The molecule has 0 bridgehead atoms. The van der Waals surface area contributed by atoms with E-state index in [4.69, 9.17) is 5.11 Å². The highest BCUT2D eigenvalue weighted by Gasteiger charge is 2.08.